The first-order valence-electron chi connectivity index (χ1n) is 9.20. The van der Waals surface area contributed by atoms with Gasteiger partial charge in [0.25, 0.3) is 5.91 Å². The third kappa shape index (κ3) is 6.13. The Morgan fingerprint density at radius 1 is 1.00 bits per heavy atom. The van der Waals surface area contributed by atoms with E-state index in [2.05, 4.69) is 5.32 Å². The largest absolute Gasteiger partial charge is 0.484 e. The summed E-state index contributed by atoms with van der Waals surface area (Å²) in [6.45, 7) is 7.71. The first-order valence-corrected chi connectivity index (χ1v) is 9.20. The molecule has 0 radical (unpaired) electrons. The molecule has 0 saturated heterocycles. The molecule has 144 valence electrons. The van der Waals surface area contributed by atoms with Gasteiger partial charge in [0.2, 0.25) is 5.91 Å². The number of aryl methyl sites for hydroxylation is 1. The Labute approximate surface area is 161 Å². The highest BCUT2D eigenvalue weighted by molar-refractivity contribution is 5.88. The molecule has 27 heavy (non-hydrogen) atoms. The van der Waals surface area contributed by atoms with Gasteiger partial charge in [0.05, 0.1) is 0 Å². The van der Waals surface area contributed by atoms with E-state index in [-0.39, 0.29) is 24.5 Å². The fraction of sp³-hybridized carbons (Fsp3) is 0.364. The van der Waals surface area contributed by atoms with Crippen molar-refractivity contribution in [2.24, 2.45) is 0 Å². The standard InChI is InChI=1S/C22H28N2O3/c1-16(2)23-22(26)18(4)24(14-19-11-6-5-7-12-19)21(25)15-27-20-13-9-8-10-17(20)3/h5-13,16,18H,14-15H2,1-4H3,(H,23,26)/t18-/m0/s1. The Bertz CT molecular complexity index is 759. The number of ether oxygens (including phenoxy) is 1. The predicted octanol–water partition coefficient (Wildman–Crippen LogP) is 3.32. The lowest BCUT2D eigenvalue weighted by Crippen LogP contribution is -2.50. The van der Waals surface area contributed by atoms with Crippen LogP contribution >= 0.6 is 0 Å². The number of carbonyl (C=O) groups excluding carboxylic acids is 2. The fourth-order valence-corrected chi connectivity index (χ4v) is 2.71. The molecule has 0 fully saturated rings. The Balaban J connectivity index is 2.13. The van der Waals surface area contributed by atoms with E-state index >= 15 is 0 Å². The third-order valence-electron chi connectivity index (χ3n) is 4.24. The van der Waals surface area contributed by atoms with Gasteiger partial charge in [0.15, 0.2) is 6.61 Å². The summed E-state index contributed by atoms with van der Waals surface area (Å²) in [4.78, 5) is 26.9. The molecule has 2 aromatic carbocycles. The van der Waals surface area contributed by atoms with Gasteiger partial charge in [-0.2, -0.15) is 0 Å². The molecule has 0 aromatic heterocycles. The zero-order valence-electron chi connectivity index (χ0n) is 16.4. The lowest BCUT2D eigenvalue weighted by molar-refractivity contribution is -0.142. The van der Waals surface area contributed by atoms with E-state index in [0.717, 1.165) is 11.1 Å². The second-order valence-corrected chi connectivity index (χ2v) is 6.90. The van der Waals surface area contributed by atoms with Gasteiger partial charge in [0, 0.05) is 12.6 Å². The van der Waals surface area contributed by atoms with Gasteiger partial charge in [-0.3, -0.25) is 9.59 Å². The maximum absolute atomic E-state index is 12.9. The van der Waals surface area contributed by atoms with Crippen LogP contribution in [0.15, 0.2) is 54.6 Å². The second-order valence-electron chi connectivity index (χ2n) is 6.90. The lowest BCUT2D eigenvalue weighted by Gasteiger charge is -2.29. The average Bonchev–Trinajstić information content (AvgIpc) is 2.65. The van der Waals surface area contributed by atoms with Crippen molar-refractivity contribution in [1.82, 2.24) is 10.2 Å². The van der Waals surface area contributed by atoms with Gasteiger partial charge < -0.3 is 15.0 Å². The highest BCUT2D eigenvalue weighted by Gasteiger charge is 2.26. The predicted molar refractivity (Wildman–Crippen MR) is 106 cm³/mol. The van der Waals surface area contributed by atoms with E-state index in [9.17, 15) is 9.59 Å². The van der Waals surface area contributed by atoms with Crippen LogP contribution in [-0.2, 0) is 16.1 Å². The van der Waals surface area contributed by atoms with E-state index in [0.29, 0.717) is 12.3 Å². The molecule has 2 aromatic rings. The summed E-state index contributed by atoms with van der Waals surface area (Å²) in [5, 5.41) is 2.87. The Morgan fingerprint density at radius 2 is 1.63 bits per heavy atom. The highest BCUT2D eigenvalue weighted by Crippen LogP contribution is 2.17. The topological polar surface area (TPSA) is 58.6 Å². The fourth-order valence-electron chi connectivity index (χ4n) is 2.71. The average molecular weight is 368 g/mol. The zero-order chi connectivity index (χ0) is 19.8. The SMILES string of the molecule is Cc1ccccc1OCC(=O)N(Cc1ccccc1)[C@@H](C)C(=O)NC(C)C. The van der Waals surface area contributed by atoms with E-state index in [4.69, 9.17) is 4.74 Å². The van der Waals surface area contributed by atoms with Gasteiger partial charge in [-0.1, -0.05) is 48.5 Å². The number of nitrogens with zero attached hydrogens (tertiary/aromatic N) is 1. The van der Waals surface area contributed by atoms with Crippen molar-refractivity contribution in [3.8, 4) is 5.75 Å². The van der Waals surface area contributed by atoms with Crippen molar-refractivity contribution in [1.29, 1.82) is 0 Å². The molecule has 2 rings (SSSR count). The van der Waals surface area contributed by atoms with Crippen LogP contribution in [0.25, 0.3) is 0 Å². The smallest absolute Gasteiger partial charge is 0.261 e. The quantitative estimate of drug-likeness (QED) is 0.778. The van der Waals surface area contributed by atoms with E-state index in [1.54, 1.807) is 11.8 Å². The van der Waals surface area contributed by atoms with Gasteiger partial charge in [-0.25, -0.2) is 0 Å². The van der Waals surface area contributed by atoms with Crippen LogP contribution in [0.3, 0.4) is 0 Å². The number of hydrogen-bond acceptors (Lipinski definition) is 3. The van der Waals surface area contributed by atoms with Crippen molar-refractivity contribution in [3.05, 3.63) is 65.7 Å². The summed E-state index contributed by atoms with van der Waals surface area (Å²) in [6.07, 6.45) is 0. The summed E-state index contributed by atoms with van der Waals surface area (Å²) < 4.78 is 5.71. The zero-order valence-corrected chi connectivity index (χ0v) is 16.4. The van der Waals surface area contributed by atoms with Gasteiger partial charge in [-0.05, 0) is 44.9 Å². The molecule has 1 atom stereocenters. The van der Waals surface area contributed by atoms with Crippen LogP contribution in [0, 0.1) is 6.92 Å². The molecule has 0 unspecified atom stereocenters. The van der Waals surface area contributed by atoms with Crippen molar-refractivity contribution in [3.63, 3.8) is 0 Å². The van der Waals surface area contributed by atoms with Crippen LogP contribution in [0.2, 0.25) is 0 Å². The molecular weight excluding hydrogens is 340 g/mol. The summed E-state index contributed by atoms with van der Waals surface area (Å²) in [5.41, 5.74) is 1.93. The molecule has 0 aliphatic rings. The van der Waals surface area contributed by atoms with Crippen LogP contribution in [-0.4, -0.2) is 35.4 Å². The molecule has 0 aliphatic heterocycles. The summed E-state index contributed by atoms with van der Waals surface area (Å²) in [5.74, 6) is 0.267. The van der Waals surface area contributed by atoms with Crippen LogP contribution in [0.5, 0.6) is 5.75 Å². The third-order valence-corrected chi connectivity index (χ3v) is 4.24. The van der Waals surface area contributed by atoms with Crippen molar-refractivity contribution < 1.29 is 14.3 Å². The molecule has 1 N–H and O–H groups in total. The van der Waals surface area contributed by atoms with E-state index in [1.807, 2.05) is 75.4 Å². The molecule has 5 heteroatoms. The molecule has 0 aliphatic carbocycles. The maximum Gasteiger partial charge on any atom is 0.261 e. The van der Waals surface area contributed by atoms with Crippen molar-refractivity contribution in [2.45, 2.75) is 46.3 Å². The van der Waals surface area contributed by atoms with Gasteiger partial charge in [0.1, 0.15) is 11.8 Å². The number of hydrogen-bond donors (Lipinski definition) is 1. The van der Waals surface area contributed by atoms with E-state index < -0.39 is 6.04 Å². The first kappa shape index (κ1) is 20.5. The van der Waals surface area contributed by atoms with Crippen molar-refractivity contribution in [2.75, 3.05) is 6.61 Å². The van der Waals surface area contributed by atoms with Gasteiger partial charge in [-0.15, -0.1) is 0 Å². The summed E-state index contributed by atoms with van der Waals surface area (Å²) in [6, 6.07) is 16.6. The van der Waals surface area contributed by atoms with E-state index in [1.165, 1.54) is 0 Å². The van der Waals surface area contributed by atoms with Crippen molar-refractivity contribution >= 4 is 11.8 Å². The second kappa shape index (κ2) is 9.76. The van der Waals surface area contributed by atoms with Crippen LogP contribution in [0.4, 0.5) is 0 Å². The number of carbonyl (C=O) groups is 2. The minimum atomic E-state index is -0.597. The highest BCUT2D eigenvalue weighted by atomic mass is 16.5. The minimum absolute atomic E-state index is 0.0110. The Morgan fingerprint density at radius 3 is 2.26 bits per heavy atom. The number of benzene rings is 2. The molecule has 0 heterocycles. The minimum Gasteiger partial charge on any atom is -0.484 e. The molecule has 2 amide bonds. The first-order chi connectivity index (χ1) is 12.9. The number of rotatable bonds is 8. The van der Waals surface area contributed by atoms with Crippen LogP contribution in [0.1, 0.15) is 31.9 Å². The van der Waals surface area contributed by atoms with Gasteiger partial charge >= 0.3 is 0 Å². The monoisotopic (exact) mass is 368 g/mol. The molecule has 0 bridgehead atoms. The Hall–Kier alpha value is -2.82. The maximum atomic E-state index is 12.9. The molecule has 0 spiro atoms. The Kier molecular flexibility index (Phi) is 7.41. The lowest BCUT2D eigenvalue weighted by atomic mass is 10.1. The summed E-state index contributed by atoms with van der Waals surface area (Å²) in [7, 11) is 0. The number of nitrogens with one attached hydrogen (secondary N) is 1. The summed E-state index contributed by atoms with van der Waals surface area (Å²) >= 11 is 0. The molecular formula is C22H28N2O3. The van der Waals surface area contributed by atoms with Crippen LogP contribution < -0.4 is 10.1 Å². The molecule has 5 nitrogen and oxygen atoms in total. The number of amides is 2. The normalized spacial score (nSPS) is 11.7. The molecule has 0 saturated carbocycles. The number of para-hydroxylation sites is 1.